The van der Waals surface area contributed by atoms with Crippen LogP contribution in [0.4, 0.5) is 0 Å². The molecular weight excluding hydrogens is 410 g/mol. The fourth-order valence-corrected chi connectivity index (χ4v) is 4.87. The maximum absolute atomic E-state index is 13.0. The van der Waals surface area contributed by atoms with E-state index >= 15 is 0 Å². The van der Waals surface area contributed by atoms with E-state index in [4.69, 9.17) is 14.2 Å². The molecule has 0 radical (unpaired) electrons. The fraction of sp³-hybridized carbons (Fsp3) is 0.417. The second kappa shape index (κ2) is 8.02. The van der Waals surface area contributed by atoms with Crippen molar-refractivity contribution in [3.8, 4) is 17.2 Å². The number of hydrogen-bond donors (Lipinski definition) is 1. The normalized spacial score (nSPS) is 21.3. The number of methoxy groups -OCH3 is 1. The molecule has 0 aromatic heterocycles. The zero-order valence-corrected chi connectivity index (χ0v) is 18.3. The van der Waals surface area contributed by atoms with Crippen LogP contribution in [0.1, 0.15) is 35.7 Å². The molecule has 2 aromatic carbocycles. The largest absolute Gasteiger partial charge is 0.497 e. The number of likely N-dealkylation sites (tertiary alicyclic amines) is 1. The molecule has 0 aliphatic carbocycles. The SMILES string of the molecule is COc1cccc(C(=O)N2CCC3(CC2)NC(C)C(=O)N3Cc2ccc3c(c2)OCO3)c1. The van der Waals surface area contributed by atoms with Gasteiger partial charge in [0, 0.05) is 38.0 Å². The monoisotopic (exact) mass is 437 g/mol. The molecule has 2 fully saturated rings. The zero-order valence-electron chi connectivity index (χ0n) is 18.3. The molecule has 1 atom stereocenters. The van der Waals surface area contributed by atoms with Crippen LogP contribution in [0.2, 0.25) is 0 Å². The van der Waals surface area contributed by atoms with Crippen molar-refractivity contribution in [2.45, 2.75) is 38.0 Å². The highest BCUT2D eigenvalue weighted by Crippen LogP contribution is 2.37. The molecule has 3 heterocycles. The molecule has 5 rings (SSSR count). The second-order valence-corrected chi connectivity index (χ2v) is 8.53. The molecule has 0 bridgehead atoms. The molecule has 3 aliphatic heterocycles. The third-order valence-corrected chi connectivity index (χ3v) is 6.61. The smallest absolute Gasteiger partial charge is 0.253 e. The Bertz CT molecular complexity index is 1050. The van der Waals surface area contributed by atoms with E-state index in [1.807, 2.05) is 47.1 Å². The summed E-state index contributed by atoms with van der Waals surface area (Å²) in [5, 5.41) is 3.52. The minimum atomic E-state index is -0.460. The summed E-state index contributed by atoms with van der Waals surface area (Å²) >= 11 is 0. The van der Waals surface area contributed by atoms with E-state index in [1.165, 1.54) is 0 Å². The average Bonchev–Trinajstić information content (AvgIpc) is 3.37. The highest BCUT2D eigenvalue weighted by atomic mass is 16.7. The number of rotatable bonds is 4. The van der Waals surface area contributed by atoms with Gasteiger partial charge in [0.1, 0.15) is 5.75 Å². The summed E-state index contributed by atoms with van der Waals surface area (Å²) in [6.07, 6.45) is 1.34. The summed E-state index contributed by atoms with van der Waals surface area (Å²) in [7, 11) is 1.59. The Kier molecular flexibility index (Phi) is 5.17. The van der Waals surface area contributed by atoms with E-state index in [1.54, 1.807) is 19.2 Å². The van der Waals surface area contributed by atoms with Crippen LogP contribution in [0.25, 0.3) is 0 Å². The topological polar surface area (TPSA) is 80.3 Å². The number of piperidine rings is 1. The maximum atomic E-state index is 13.0. The molecule has 8 heteroatoms. The zero-order chi connectivity index (χ0) is 22.3. The number of amides is 2. The average molecular weight is 437 g/mol. The van der Waals surface area contributed by atoms with E-state index in [2.05, 4.69) is 5.32 Å². The first-order valence-corrected chi connectivity index (χ1v) is 10.9. The van der Waals surface area contributed by atoms with Crippen molar-refractivity contribution >= 4 is 11.8 Å². The molecule has 2 saturated heterocycles. The lowest BCUT2D eigenvalue weighted by atomic mass is 9.94. The number of nitrogens with one attached hydrogen (secondary N) is 1. The van der Waals surface area contributed by atoms with Gasteiger partial charge in [0.2, 0.25) is 12.7 Å². The summed E-state index contributed by atoms with van der Waals surface area (Å²) in [4.78, 5) is 29.8. The van der Waals surface area contributed by atoms with Gasteiger partial charge in [-0.15, -0.1) is 0 Å². The first kappa shape index (κ1) is 20.6. The maximum Gasteiger partial charge on any atom is 0.253 e. The second-order valence-electron chi connectivity index (χ2n) is 8.53. The van der Waals surface area contributed by atoms with E-state index in [0.29, 0.717) is 49.5 Å². The highest BCUT2D eigenvalue weighted by Gasteiger charge is 2.50. The Labute approximate surface area is 187 Å². The van der Waals surface area contributed by atoms with E-state index in [9.17, 15) is 9.59 Å². The van der Waals surface area contributed by atoms with Gasteiger partial charge in [0.25, 0.3) is 5.91 Å². The first-order chi connectivity index (χ1) is 15.5. The predicted octanol–water partition coefficient (Wildman–Crippen LogP) is 2.38. The number of nitrogens with zero attached hydrogens (tertiary/aromatic N) is 2. The van der Waals surface area contributed by atoms with Gasteiger partial charge in [-0.1, -0.05) is 12.1 Å². The number of ether oxygens (including phenoxy) is 3. The van der Waals surface area contributed by atoms with Crippen LogP contribution in [0.5, 0.6) is 17.2 Å². The molecule has 3 aliphatic rings. The Morgan fingerprint density at radius 1 is 1.16 bits per heavy atom. The van der Waals surface area contributed by atoms with Gasteiger partial charge in [-0.25, -0.2) is 0 Å². The minimum absolute atomic E-state index is 0.0153. The van der Waals surface area contributed by atoms with Gasteiger partial charge in [-0.05, 0) is 42.8 Å². The predicted molar refractivity (Wildman–Crippen MR) is 117 cm³/mol. The van der Waals surface area contributed by atoms with Crippen molar-refractivity contribution in [3.05, 3.63) is 53.6 Å². The van der Waals surface area contributed by atoms with E-state index in [0.717, 1.165) is 11.3 Å². The highest BCUT2D eigenvalue weighted by molar-refractivity contribution is 5.94. The van der Waals surface area contributed by atoms with Crippen molar-refractivity contribution in [3.63, 3.8) is 0 Å². The van der Waals surface area contributed by atoms with Crippen molar-refractivity contribution < 1.29 is 23.8 Å². The van der Waals surface area contributed by atoms with Crippen LogP contribution in [0, 0.1) is 0 Å². The van der Waals surface area contributed by atoms with Crippen LogP contribution in [-0.4, -0.2) is 60.3 Å². The molecular formula is C24H27N3O5. The lowest BCUT2D eigenvalue weighted by molar-refractivity contribution is -0.133. The Morgan fingerprint density at radius 3 is 2.72 bits per heavy atom. The summed E-state index contributed by atoms with van der Waals surface area (Å²) in [6, 6.07) is 12.8. The van der Waals surface area contributed by atoms with Gasteiger partial charge in [-0.3, -0.25) is 14.9 Å². The Hall–Kier alpha value is -3.26. The molecule has 2 amide bonds. The number of fused-ring (bicyclic) bond motifs is 1. The molecule has 32 heavy (non-hydrogen) atoms. The quantitative estimate of drug-likeness (QED) is 0.791. The number of carbonyl (C=O) groups excluding carboxylic acids is 2. The van der Waals surface area contributed by atoms with Crippen LogP contribution in [0.3, 0.4) is 0 Å². The third kappa shape index (κ3) is 3.54. The molecule has 1 N–H and O–H groups in total. The fourth-order valence-electron chi connectivity index (χ4n) is 4.87. The summed E-state index contributed by atoms with van der Waals surface area (Å²) in [6.45, 7) is 3.75. The molecule has 1 unspecified atom stereocenters. The number of carbonyl (C=O) groups is 2. The first-order valence-electron chi connectivity index (χ1n) is 10.9. The molecule has 2 aromatic rings. The summed E-state index contributed by atoms with van der Waals surface area (Å²) in [5.74, 6) is 2.17. The Balaban J connectivity index is 1.31. The lowest BCUT2D eigenvalue weighted by Gasteiger charge is -2.44. The molecule has 0 saturated carbocycles. The molecule has 8 nitrogen and oxygen atoms in total. The molecule has 168 valence electrons. The van der Waals surface area contributed by atoms with E-state index in [-0.39, 0.29) is 24.6 Å². The summed E-state index contributed by atoms with van der Waals surface area (Å²) in [5.41, 5.74) is 1.15. The van der Waals surface area contributed by atoms with Gasteiger partial charge in [0.05, 0.1) is 18.8 Å². The van der Waals surface area contributed by atoms with Crippen molar-refractivity contribution in [1.82, 2.24) is 15.1 Å². The van der Waals surface area contributed by atoms with Crippen LogP contribution in [-0.2, 0) is 11.3 Å². The van der Waals surface area contributed by atoms with Crippen LogP contribution < -0.4 is 19.5 Å². The lowest BCUT2D eigenvalue weighted by Crippen LogP contribution is -2.59. The van der Waals surface area contributed by atoms with Crippen LogP contribution in [0.15, 0.2) is 42.5 Å². The minimum Gasteiger partial charge on any atom is -0.497 e. The van der Waals surface area contributed by atoms with Crippen LogP contribution >= 0.6 is 0 Å². The van der Waals surface area contributed by atoms with Crippen molar-refractivity contribution in [1.29, 1.82) is 0 Å². The van der Waals surface area contributed by atoms with Gasteiger partial charge in [-0.2, -0.15) is 0 Å². The Morgan fingerprint density at radius 2 is 1.94 bits per heavy atom. The number of benzene rings is 2. The van der Waals surface area contributed by atoms with Gasteiger partial charge in [0.15, 0.2) is 11.5 Å². The van der Waals surface area contributed by atoms with Gasteiger partial charge >= 0.3 is 0 Å². The molecule has 1 spiro atoms. The third-order valence-electron chi connectivity index (χ3n) is 6.61. The van der Waals surface area contributed by atoms with Crippen molar-refractivity contribution in [2.75, 3.05) is 27.0 Å². The summed E-state index contributed by atoms with van der Waals surface area (Å²) < 4.78 is 16.1. The van der Waals surface area contributed by atoms with E-state index < -0.39 is 5.66 Å². The van der Waals surface area contributed by atoms with Gasteiger partial charge < -0.3 is 24.0 Å². The number of hydrogen-bond acceptors (Lipinski definition) is 6. The van der Waals surface area contributed by atoms with Crippen molar-refractivity contribution in [2.24, 2.45) is 0 Å². The standard InChI is InChI=1S/C24H27N3O5/c1-16-22(28)27(14-17-6-7-20-21(12-17)32-15-31-20)24(25-16)8-10-26(11-9-24)23(29)18-4-3-5-19(13-18)30-2/h3-7,12-13,16,25H,8-11,14-15H2,1-2H3.